The Morgan fingerprint density at radius 2 is 1.76 bits per heavy atom. The van der Waals surface area contributed by atoms with E-state index in [0.29, 0.717) is 5.69 Å². The number of carbonyl (C=O) groups is 1. The second-order valence-electron chi connectivity index (χ2n) is 6.25. The number of methoxy groups -OCH3 is 1. The second kappa shape index (κ2) is 6.51. The third kappa shape index (κ3) is 3.05. The number of aromatic amines is 1. The Bertz CT molecular complexity index is 880. The van der Waals surface area contributed by atoms with Crippen LogP contribution < -0.4 is 9.64 Å². The minimum atomic E-state index is 0.0582. The Kier molecular flexibility index (Phi) is 4.06. The van der Waals surface area contributed by atoms with Gasteiger partial charge in [-0.25, -0.2) is 0 Å². The van der Waals surface area contributed by atoms with Crippen LogP contribution in [0, 0.1) is 0 Å². The summed E-state index contributed by atoms with van der Waals surface area (Å²) >= 11 is 0. The van der Waals surface area contributed by atoms with Crippen LogP contribution >= 0.6 is 0 Å². The van der Waals surface area contributed by atoms with Gasteiger partial charge in [-0.05, 0) is 36.4 Å². The third-order valence-corrected chi connectivity index (χ3v) is 4.75. The molecule has 1 N–H and O–H groups in total. The average molecular weight is 335 g/mol. The molecule has 0 unspecified atom stereocenters. The van der Waals surface area contributed by atoms with E-state index in [1.165, 1.54) is 5.69 Å². The minimum absolute atomic E-state index is 0.0582. The van der Waals surface area contributed by atoms with Crippen molar-refractivity contribution in [3.8, 4) is 5.75 Å². The van der Waals surface area contributed by atoms with Crippen molar-refractivity contribution >= 4 is 22.5 Å². The number of para-hydroxylation sites is 1. The first-order chi connectivity index (χ1) is 12.2. The van der Waals surface area contributed by atoms with Crippen LogP contribution in [0.1, 0.15) is 10.5 Å². The second-order valence-corrected chi connectivity index (χ2v) is 6.25. The minimum Gasteiger partial charge on any atom is -0.497 e. The van der Waals surface area contributed by atoms with Crippen molar-refractivity contribution in [2.45, 2.75) is 0 Å². The summed E-state index contributed by atoms with van der Waals surface area (Å²) in [6, 6.07) is 18.0. The highest BCUT2D eigenvalue weighted by molar-refractivity contribution is 5.98. The fourth-order valence-electron chi connectivity index (χ4n) is 3.33. The number of benzene rings is 2. The first-order valence-electron chi connectivity index (χ1n) is 8.50. The van der Waals surface area contributed by atoms with Crippen LogP contribution in [-0.2, 0) is 0 Å². The van der Waals surface area contributed by atoms with Gasteiger partial charge in [-0.2, -0.15) is 0 Å². The predicted octanol–water partition coefficient (Wildman–Crippen LogP) is 3.14. The molecule has 5 nitrogen and oxygen atoms in total. The Hall–Kier alpha value is -2.95. The number of amides is 1. The summed E-state index contributed by atoms with van der Waals surface area (Å²) in [6.07, 6.45) is 0. The Balaban J connectivity index is 1.47. The number of rotatable bonds is 3. The number of H-pyrrole nitrogens is 1. The maximum Gasteiger partial charge on any atom is 0.270 e. The van der Waals surface area contributed by atoms with E-state index >= 15 is 0 Å². The molecule has 1 amide bonds. The molecular formula is C20H21N3O2. The van der Waals surface area contributed by atoms with Gasteiger partial charge in [0.05, 0.1) is 7.11 Å². The molecule has 5 heteroatoms. The lowest BCUT2D eigenvalue weighted by Gasteiger charge is -2.36. The summed E-state index contributed by atoms with van der Waals surface area (Å²) in [4.78, 5) is 20.3. The van der Waals surface area contributed by atoms with E-state index in [1.807, 2.05) is 47.4 Å². The Labute approximate surface area is 146 Å². The lowest BCUT2D eigenvalue weighted by molar-refractivity contribution is 0.0742. The van der Waals surface area contributed by atoms with Gasteiger partial charge >= 0.3 is 0 Å². The van der Waals surface area contributed by atoms with Crippen LogP contribution in [0.15, 0.2) is 54.6 Å². The van der Waals surface area contributed by atoms with E-state index in [-0.39, 0.29) is 5.91 Å². The van der Waals surface area contributed by atoms with Gasteiger partial charge < -0.3 is 19.5 Å². The zero-order valence-corrected chi connectivity index (χ0v) is 14.2. The number of carbonyl (C=O) groups excluding carboxylic acids is 1. The molecule has 1 aromatic heterocycles. The van der Waals surface area contributed by atoms with E-state index in [9.17, 15) is 4.79 Å². The van der Waals surface area contributed by atoms with Gasteiger partial charge in [0.1, 0.15) is 11.4 Å². The number of anilines is 1. The molecule has 1 aliphatic rings. The van der Waals surface area contributed by atoms with Crippen molar-refractivity contribution in [3.63, 3.8) is 0 Å². The standard InChI is InChI=1S/C20H21N3O2/c1-25-17-7-8-18-15(13-17)14-19(21-18)20(24)23-11-9-22(10-12-23)16-5-3-2-4-6-16/h2-8,13-14,21H,9-12H2,1H3. The van der Waals surface area contributed by atoms with Crippen LogP contribution in [0.2, 0.25) is 0 Å². The van der Waals surface area contributed by atoms with E-state index in [4.69, 9.17) is 4.74 Å². The fraction of sp³-hybridized carbons (Fsp3) is 0.250. The summed E-state index contributed by atoms with van der Waals surface area (Å²) in [5.74, 6) is 0.852. The zero-order chi connectivity index (χ0) is 17.2. The molecule has 0 bridgehead atoms. The summed E-state index contributed by atoms with van der Waals surface area (Å²) in [5, 5.41) is 0.991. The molecule has 1 saturated heterocycles. The molecule has 25 heavy (non-hydrogen) atoms. The van der Waals surface area contributed by atoms with Gasteiger partial charge in [0.15, 0.2) is 0 Å². The molecule has 4 rings (SSSR count). The summed E-state index contributed by atoms with van der Waals surface area (Å²) in [5.41, 5.74) is 2.80. The SMILES string of the molecule is COc1ccc2[nH]c(C(=O)N3CCN(c4ccccc4)CC3)cc2c1. The van der Waals surface area contributed by atoms with Gasteiger partial charge in [0.25, 0.3) is 5.91 Å². The highest BCUT2D eigenvalue weighted by atomic mass is 16.5. The maximum atomic E-state index is 12.8. The van der Waals surface area contributed by atoms with E-state index in [1.54, 1.807) is 7.11 Å². The predicted molar refractivity (Wildman–Crippen MR) is 99.4 cm³/mol. The van der Waals surface area contributed by atoms with Gasteiger partial charge in [0.2, 0.25) is 0 Å². The molecule has 0 aliphatic carbocycles. The van der Waals surface area contributed by atoms with Crippen molar-refractivity contribution in [2.75, 3.05) is 38.2 Å². The molecule has 1 fully saturated rings. The number of hydrogen-bond donors (Lipinski definition) is 1. The summed E-state index contributed by atoms with van der Waals surface area (Å²) in [7, 11) is 1.64. The molecule has 2 aromatic carbocycles. The number of piperazine rings is 1. The molecule has 0 radical (unpaired) electrons. The van der Waals surface area contributed by atoms with E-state index < -0.39 is 0 Å². The van der Waals surface area contributed by atoms with Gasteiger partial charge in [-0.3, -0.25) is 4.79 Å². The van der Waals surface area contributed by atoms with Gasteiger partial charge in [0, 0.05) is 42.8 Å². The van der Waals surface area contributed by atoms with Gasteiger partial charge in [-0.15, -0.1) is 0 Å². The molecule has 3 aromatic rings. The van der Waals surface area contributed by atoms with Crippen molar-refractivity contribution in [1.29, 1.82) is 0 Å². The summed E-state index contributed by atoms with van der Waals surface area (Å²) < 4.78 is 5.25. The number of nitrogens with zero attached hydrogens (tertiary/aromatic N) is 2. The first kappa shape index (κ1) is 15.6. The van der Waals surface area contributed by atoms with Gasteiger partial charge in [-0.1, -0.05) is 18.2 Å². The molecule has 2 heterocycles. The van der Waals surface area contributed by atoms with Crippen molar-refractivity contribution in [1.82, 2.24) is 9.88 Å². The highest BCUT2D eigenvalue weighted by Gasteiger charge is 2.23. The zero-order valence-electron chi connectivity index (χ0n) is 14.2. The smallest absolute Gasteiger partial charge is 0.270 e. The van der Waals surface area contributed by atoms with Crippen LogP contribution in [0.3, 0.4) is 0 Å². The van der Waals surface area contributed by atoms with Crippen molar-refractivity contribution < 1.29 is 9.53 Å². The number of hydrogen-bond acceptors (Lipinski definition) is 3. The van der Waals surface area contributed by atoms with E-state index in [2.05, 4.69) is 22.0 Å². The van der Waals surface area contributed by atoms with Crippen LogP contribution in [-0.4, -0.2) is 49.1 Å². The third-order valence-electron chi connectivity index (χ3n) is 4.75. The Morgan fingerprint density at radius 1 is 1.00 bits per heavy atom. The number of ether oxygens (including phenoxy) is 1. The lowest BCUT2D eigenvalue weighted by atomic mass is 10.2. The topological polar surface area (TPSA) is 48.6 Å². The van der Waals surface area contributed by atoms with Crippen LogP contribution in [0.4, 0.5) is 5.69 Å². The Morgan fingerprint density at radius 3 is 2.48 bits per heavy atom. The largest absolute Gasteiger partial charge is 0.497 e. The quantitative estimate of drug-likeness (QED) is 0.800. The first-order valence-corrected chi connectivity index (χ1v) is 8.50. The molecule has 0 atom stereocenters. The number of aromatic nitrogens is 1. The van der Waals surface area contributed by atoms with Crippen LogP contribution in [0.25, 0.3) is 10.9 Å². The van der Waals surface area contributed by atoms with Crippen LogP contribution in [0.5, 0.6) is 5.75 Å². The monoisotopic (exact) mass is 335 g/mol. The molecule has 128 valence electrons. The fourth-order valence-corrected chi connectivity index (χ4v) is 3.33. The molecular weight excluding hydrogens is 314 g/mol. The highest BCUT2D eigenvalue weighted by Crippen LogP contribution is 2.23. The average Bonchev–Trinajstić information content (AvgIpc) is 3.11. The number of fused-ring (bicyclic) bond motifs is 1. The van der Waals surface area contributed by atoms with Crippen molar-refractivity contribution in [2.24, 2.45) is 0 Å². The lowest BCUT2D eigenvalue weighted by Crippen LogP contribution is -2.48. The van der Waals surface area contributed by atoms with Crippen molar-refractivity contribution in [3.05, 3.63) is 60.3 Å². The molecule has 1 aliphatic heterocycles. The normalized spacial score (nSPS) is 14.8. The number of nitrogens with one attached hydrogen (secondary N) is 1. The maximum absolute atomic E-state index is 12.8. The summed E-state index contributed by atoms with van der Waals surface area (Å²) in [6.45, 7) is 3.16. The molecule has 0 spiro atoms. The molecule has 0 saturated carbocycles. The van der Waals surface area contributed by atoms with E-state index in [0.717, 1.165) is 42.8 Å².